The van der Waals surface area contributed by atoms with Gasteiger partial charge < -0.3 is 19.5 Å². The zero-order chi connectivity index (χ0) is 16.5. The number of hydrogen-bond acceptors (Lipinski definition) is 4. The molecule has 5 heteroatoms. The first kappa shape index (κ1) is 14.9. The maximum Gasteiger partial charge on any atom is 0.225 e. The molecule has 2 aromatic rings. The molecule has 1 N–H and O–H groups in total. The molecule has 124 valence electrons. The minimum absolute atomic E-state index is 0.00555. The van der Waals surface area contributed by atoms with Gasteiger partial charge in [-0.25, -0.2) is 0 Å². The van der Waals surface area contributed by atoms with Crippen molar-refractivity contribution >= 4 is 11.6 Å². The predicted octanol–water partition coefficient (Wildman–Crippen LogP) is 3.33. The van der Waals surface area contributed by atoms with Gasteiger partial charge in [0.1, 0.15) is 19.0 Å². The maximum atomic E-state index is 12.2. The Bertz CT molecular complexity index is 787. The molecule has 2 aliphatic heterocycles. The fourth-order valence-electron chi connectivity index (χ4n) is 3.28. The fourth-order valence-corrected chi connectivity index (χ4v) is 3.28. The number of hydrogen-bond donors (Lipinski definition) is 1. The summed E-state index contributed by atoms with van der Waals surface area (Å²) in [5.74, 6) is 2.22. The van der Waals surface area contributed by atoms with Crippen LogP contribution < -0.4 is 19.5 Å². The number of benzene rings is 2. The first-order valence-electron chi connectivity index (χ1n) is 8.20. The van der Waals surface area contributed by atoms with Crippen LogP contribution in [0, 0.1) is 0 Å². The standard InChI is InChI=1S/C19H19NO4/c1-2-22-13-5-3-4-12(8-13)14-10-19(21)20-16-11-18-17(9-15(14)16)23-6-7-24-18/h3-5,8-9,11,14H,2,6-7,10H2,1H3,(H,20,21)/t14-/m1/s1. The highest BCUT2D eigenvalue weighted by atomic mass is 16.6. The summed E-state index contributed by atoms with van der Waals surface area (Å²) in [4.78, 5) is 12.2. The van der Waals surface area contributed by atoms with Crippen molar-refractivity contribution in [2.24, 2.45) is 0 Å². The third kappa shape index (κ3) is 2.66. The van der Waals surface area contributed by atoms with Crippen LogP contribution >= 0.6 is 0 Å². The third-order valence-electron chi connectivity index (χ3n) is 4.32. The molecule has 0 aliphatic carbocycles. The average molecular weight is 325 g/mol. The molecule has 24 heavy (non-hydrogen) atoms. The van der Waals surface area contributed by atoms with Gasteiger partial charge in [0.2, 0.25) is 5.91 Å². The number of nitrogens with one attached hydrogen (secondary N) is 1. The van der Waals surface area contributed by atoms with Gasteiger partial charge in [0.25, 0.3) is 0 Å². The number of ether oxygens (including phenoxy) is 3. The highest BCUT2D eigenvalue weighted by molar-refractivity contribution is 5.96. The topological polar surface area (TPSA) is 56.8 Å². The van der Waals surface area contributed by atoms with Gasteiger partial charge >= 0.3 is 0 Å². The van der Waals surface area contributed by atoms with Gasteiger partial charge in [-0.05, 0) is 36.2 Å². The van der Waals surface area contributed by atoms with Crippen molar-refractivity contribution < 1.29 is 19.0 Å². The van der Waals surface area contributed by atoms with Crippen LogP contribution in [0.2, 0.25) is 0 Å². The second-order valence-electron chi connectivity index (χ2n) is 5.89. The van der Waals surface area contributed by atoms with Crippen molar-refractivity contribution in [1.82, 2.24) is 0 Å². The molecule has 0 spiro atoms. The van der Waals surface area contributed by atoms with E-state index < -0.39 is 0 Å². The van der Waals surface area contributed by atoms with E-state index in [1.54, 1.807) is 0 Å². The Morgan fingerprint density at radius 2 is 1.96 bits per heavy atom. The van der Waals surface area contributed by atoms with Crippen molar-refractivity contribution in [1.29, 1.82) is 0 Å². The van der Waals surface area contributed by atoms with Crippen LogP contribution in [0.5, 0.6) is 17.2 Å². The number of carbonyl (C=O) groups excluding carboxylic acids is 1. The van der Waals surface area contributed by atoms with Crippen molar-refractivity contribution in [3.63, 3.8) is 0 Å². The molecule has 1 atom stereocenters. The summed E-state index contributed by atoms with van der Waals surface area (Å²) >= 11 is 0. The van der Waals surface area contributed by atoms with Gasteiger partial charge in [-0.1, -0.05) is 12.1 Å². The molecule has 2 aromatic carbocycles. The number of anilines is 1. The largest absolute Gasteiger partial charge is 0.494 e. The van der Waals surface area contributed by atoms with Gasteiger partial charge in [-0.2, -0.15) is 0 Å². The van der Waals surface area contributed by atoms with Gasteiger partial charge in [-0.15, -0.1) is 0 Å². The summed E-state index contributed by atoms with van der Waals surface area (Å²) in [6.07, 6.45) is 0.405. The lowest BCUT2D eigenvalue weighted by Gasteiger charge is -2.29. The Labute approximate surface area is 140 Å². The molecule has 0 unspecified atom stereocenters. The van der Waals surface area contributed by atoms with Crippen LogP contribution in [-0.4, -0.2) is 25.7 Å². The monoisotopic (exact) mass is 325 g/mol. The van der Waals surface area contributed by atoms with Crippen LogP contribution in [-0.2, 0) is 4.79 Å². The normalized spacial score (nSPS) is 18.5. The molecule has 5 nitrogen and oxygen atoms in total. The van der Waals surface area contributed by atoms with E-state index >= 15 is 0 Å². The highest BCUT2D eigenvalue weighted by Gasteiger charge is 2.29. The summed E-state index contributed by atoms with van der Waals surface area (Å²) in [6, 6.07) is 11.8. The fraction of sp³-hybridized carbons (Fsp3) is 0.316. The molecule has 0 radical (unpaired) electrons. The Morgan fingerprint density at radius 3 is 2.75 bits per heavy atom. The lowest BCUT2D eigenvalue weighted by atomic mass is 9.84. The van der Waals surface area contributed by atoms with E-state index in [9.17, 15) is 4.79 Å². The molecule has 1 amide bonds. The lowest BCUT2D eigenvalue weighted by molar-refractivity contribution is -0.116. The average Bonchev–Trinajstić information content (AvgIpc) is 2.60. The molecule has 4 rings (SSSR count). The Balaban J connectivity index is 1.77. The van der Waals surface area contributed by atoms with Crippen LogP contribution in [0.1, 0.15) is 30.4 Å². The molecular formula is C19H19NO4. The highest BCUT2D eigenvalue weighted by Crippen LogP contribution is 2.44. The Kier molecular flexibility index (Phi) is 3.76. The first-order valence-corrected chi connectivity index (χ1v) is 8.20. The molecule has 0 aromatic heterocycles. The predicted molar refractivity (Wildman–Crippen MR) is 90.1 cm³/mol. The Hall–Kier alpha value is -2.69. The SMILES string of the molecule is CCOc1cccc([C@H]2CC(=O)Nc3cc4c(cc32)OCCO4)c1. The molecule has 0 saturated carbocycles. The van der Waals surface area contributed by atoms with Gasteiger partial charge in [0.05, 0.1) is 6.61 Å². The zero-order valence-corrected chi connectivity index (χ0v) is 13.5. The lowest BCUT2D eigenvalue weighted by Crippen LogP contribution is -2.24. The summed E-state index contributed by atoms with van der Waals surface area (Å²) in [5, 5.41) is 2.94. The van der Waals surface area contributed by atoms with Crippen LogP contribution in [0.4, 0.5) is 5.69 Å². The quantitative estimate of drug-likeness (QED) is 0.940. The van der Waals surface area contributed by atoms with E-state index in [4.69, 9.17) is 14.2 Å². The van der Waals surface area contributed by atoms with E-state index in [2.05, 4.69) is 5.32 Å². The second kappa shape index (κ2) is 6.07. The smallest absolute Gasteiger partial charge is 0.225 e. The van der Waals surface area contributed by atoms with E-state index in [0.29, 0.717) is 32.0 Å². The number of carbonyl (C=O) groups is 1. The summed E-state index contributed by atoms with van der Waals surface area (Å²) in [7, 11) is 0. The van der Waals surface area contributed by atoms with E-state index in [1.165, 1.54) is 0 Å². The number of rotatable bonds is 3. The maximum absolute atomic E-state index is 12.2. The Morgan fingerprint density at radius 1 is 1.17 bits per heavy atom. The van der Waals surface area contributed by atoms with Crippen LogP contribution in [0.3, 0.4) is 0 Å². The van der Waals surface area contributed by atoms with Crippen molar-refractivity contribution in [3.05, 3.63) is 47.5 Å². The van der Waals surface area contributed by atoms with Crippen molar-refractivity contribution in [3.8, 4) is 17.2 Å². The summed E-state index contributed by atoms with van der Waals surface area (Å²) in [6.45, 7) is 3.64. The van der Waals surface area contributed by atoms with Crippen LogP contribution in [0.25, 0.3) is 0 Å². The van der Waals surface area contributed by atoms with Gasteiger partial charge in [0, 0.05) is 24.1 Å². The van der Waals surface area contributed by atoms with Gasteiger partial charge in [-0.3, -0.25) is 4.79 Å². The third-order valence-corrected chi connectivity index (χ3v) is 4.32. The zero-order valence-electron chi connectivity index (χ0n) is 13.5. The van der Waals surface area contributed by atoms with Gasteiger partial charge in [0.15, 0.2) is 11.5 Å². The molecule has 0 saturated heterocycles. The second-order valence-corrected chi connectivity index (χ2v) is 5.89. The molecule has 0 bridgehead atoms. The molecule has 2 heterocycles. The van der Waals surface area contributed by atoms with Crippen molar-refractivity contribution in [2.45, 2.75) is 19.3 Å². The molecule has 2 aliphatic rings. The minimum atomic E-state index is -0.0232. The molecular weight excluding hydrogens is 306 g/mol. The van der Waals surface area contributed by atoms with E-state index in [-0.39, 0.29) is 11.8 Å². The first-order chi connectivity index (χ1) is 11.7. The summed E-state index contributed by atoms with van der Waals surface area (Å²) in [5.41, 5.74) is 2.91. The number of amides is 1. The van der Waals surface area contributed by atoms with E-state index in [1.807, 2.05) is 43.3 Å². The van der Waals surface area contributed by atoms with E-state index in [0.717, 1.165) is 28.3 Å². The minimum Gasteiger partial charge on any atom is -0.494 e. The molecule has 0 fully saturated rings. The van der Waals surface area contributed by atoms with Crippen LogP contribution in [0.15, 0.2) is 36.4 Å². The number of fused-ring (bicyclic) bond motifs is 2. The summed E-state index contributed by atoms with van der Waals surface area (Å²) < 4.78 is 16.9. The van der Waals surface area contributed by atoms with Crippen molar-refractivity contribution in [2.75, 3.05) is 25.1 Å².